The van der Waals surface area contributed by atoms with Crippen LogP contribution in [0, 0.1) is 0 Å². The van der Waals surface area contributed by atoms with Crippen LogP contribution in [-0.4, -0.2) is 26.1 Å². The molecule has 1 aliphatic heterocycles. The lowest BCUT2D eigenvalue weighted by Gasteiger charge is -2.20. The minimum atomic E-state index is -0.339. The zero-order chi connectivity index (χ0) is 17.3. The summed E-state index contributed by atoms with van der Waals surface area (Å²) in [7, 11) is 0. The van der Waals surface area contributed by atoms with E-state index in [1.165, 1.54) is 0 Å². The molecule has 2 aliphatic rings. The predicted molar refractivity (Wildman–Crippen MR) is 100.0 cm³/mol. The molecule has 128 valence electrons. The number of rotatable bonds is 1. The maximum atomic E-state index is 12.6. The van der Waals surface area contributed by atoms with Crippen molar-refractivity contribution >= 4 is 33.5 Å². The van der Waals surface area contributed by atoms with Gasteiger partial charge >= 0.3 is 0 Å². The Bertz CT molecular complexity index is 1200. The summed E-state index contributed by atoms with van der Waals surface area (Å²) < 4.78 is 0. The van der Waals surface area contributed by atoms with Crippen molar-refractivity contribution in [1.29, 1.82) is 0 Å². The van der Waals surface area contributed by atoms with E-state index in [0.29, 0.717) is 0 Å². The summed E-state index contributed by atoms with van der Waals surface area (Å²) >= 11 is 0. The molecule has 6 rings (SSSR count). The Labute approximate surface area is 149 Å². The lowest BCUT2D eigenvalue weighted by atomic mass is 9.80. The number of para-hydroxylation sites is 1. The quantitative estimate of drug-likeness (QED) is 0.490. The van der Waals surface area contributed by atoms with Gasteiger partial charge in [-0.2, -0.15) is 5.10 Å². The van der Waals surface area contributed by atoms with E-state index in [0.717, 1.165) is 70.4 Å². The van der Waals surface area contributed by atoms with Gasteiger partial charge in [0.15, 0.2) is 5.82 Å². The first kappa shape index (κ1) is 14.1. The molecule has 2 aromatic heterocycles. The number of aromatic nitrogens is 4. The molecule has 1 saturated carbocycles. The first-order chi connectivity index (χ1) is 12.7. The van der Waals surface area contributed by atoms with Crippen LogP contribution in [0.5, 0.6) is 0 Å². The normalized spacial score (nSPS) is 18.1. The van der Waals surface area contributed by atoms with Gasteiger partial charge in [-0.1, -0.05) is 31.0 Å². The lowest BCUT2D eigenvalue weighted by Crippen LogP contribution is -2.30. The topological polar surface area (TPSA) is 86.5 Å². The number of H-pyrrole nitrogens is 2. The molecule has 0 radical (unpaired) electrons. The molecule has 1 aliphatic carbocycles. The summed E-state index contributed by atoms with van der Waals surface area (Å²) in [5.74, 6) is 0.893. The van der Waals surface area contributed by atoms with Gasteiger partial charge in [-0.15, -0.1) is 0 Å². The summed E-state index contributed by atoms with van der Waals surface area (Å²) in [6, 6.07) is 12.1. The number of carbonyl (C=O) groups is 1. The minimum Gasteiger partial charge on any atom is -0.337 e. The SMILES string of the molecule is O=C1Nc2cc3nc(-c4n[nH]c5ccccc45)[nH]c3cc2C12CCCC2. The molecule has 4 aromatic rings. The van der Waals surface area contributed by atoms with Gasteiger partial charge in [-0.3, -0.25) is 9.89 Å². The molecular weight excluding hydrogens is 326 g/mol. The number of imidazole rings is 1. The third-order valence-corrected chi connectivity index (χ3v) is 5.97. The van der Waals surface area contributed by atoms with Crippen molar-refractivity contribution in [3.63, 3.8) is 0 Å². The largest absolute Gasteiger partial charge is 0.337 e. The van der Waals surface area contributed by atoms with Gasteiger partial charge < -0.3 is 10.3 Å². The summed E-state index contributed by atoms with van der Waals surface area (Å²) in [4.78, 5) is 20.7. The van der Waals surface area contributed by atoms with Crippen molar-refractivity contribution in [1.82, 2.24) is 20.2 Å². The monoisotopic (exact) mass is 343 g/mol. The lowest BCUT2D eigenvalue weighted by molar-refractivity contribution is -0.120. The fraction of sp³-hybridized carbons (Fsp3) is 0.250. The van der Waals surface area contributed by atoms with Crippen molar-refractivity contribution in [2.24, 2.45) is 0 Å². The number of anilines is 1. The minimum absolute atomic E-state index is 0.149. The molecule has 3 N–H and O–H groups in total. The molecule has 2 aromatic carbocycles. The molecule has 6 heteroatoms. The second-order valence-electron chi connectivity index (χ2n) is 7.36. The number of amides is 1. The van der Waals surface area contributed by atoms with Crippen LogP contribution in [0.15, 0.2) is 36.4 Å². The van der Waals surface area contributed by atoms with Crippen molar-refractivity contribution in [2.45, 2.75) is 31.1 Å². The van der Waals surface area contributed by atoms with Gasteiger partial charge in [0.25, 0.3) is 0 Å². The first-order valence-electron chi connectivity index (χ1n) is 9.04. The molecule has 0 saturated heterocycles. The van der Waals surface area contributed by atoms with Crippen LogP contribution in [0.25, 0.3) is 33.5 Å². The first-order valence-corrected chi connectivity index (χ1v) is 9.04. The number of hydrogen-bond donors (Lipinski definition) is 3. The van der Waals surface area contributed by atoms with Crippen LogP contribution in [0.4, 0.5) is 5.69 Å². The summed E-state index contributed by atoms with van der Waals surface area (Å²) in [5.41, 5.74) is 5.30. The fourth-order valence-electron chi connectivity index (χ4n) is 4.65. The number of carbonyl (C=O) groups excluding carboxylic acids is 1. The van der Waals surface area contributed by atoms with E-state index in [2.05, 4.69) is 26.6 Å². The predicted octanol–water partition coefficient (Wildman–Crippen LogP) is 3.87. The highest BCUT2D eigenvalue weighted by Gasteiger charge is 2.48. The Balaban J connectivity index is 1.54. The zero-order valence-electron chi connectivity index (χ0n) is 14.1. The van der Waals surface area contributed by atoms with Crippen LogP contribution >= 0.6 is 0 Å². The van der Waals surface area contributed by atoms with Crippen molar-refractivity contribution < 1.29 is 4.79 Å². The van der Waals surface area contributed by atoms with Crippen LogP contribution in [-0.2, 0) is 10.2 Å². The average Bonchev–Trinajstić information content (AvgIpc) is 3.41. The second kappa shape index (κ2) is 4.72. The number of hydrogen-bond acceptors (Lipinski definition) is 3. The molecule has 6 nitrogen and oxygen atoms in total. The van der Waals surface area contributed by atoms with Gasteiger partial charge in [0.1, 0.15) is 5.69 Å². The summed E-state index contributed by atoms with van der Waals surface area (Å²) in [6.07, 6.45) is 4.08. The van der Waals surface area contributed by atoms with Gasteiger partial charge in [-0.05, 0) is 36.6 Å². The molecule has 1 fully saturated rings. The van der Waals surface area contributed by atoms with Crippen LogP contribution in [0.2, 0.25) is 0 Å². The van der Waals surface area contributed by atoms with Crippen molar-refractivity contribution in [2.75, 3.05) is 5.32 Å². The summed E-state index contributed by atoms with van der Waals surface area (Å²) in [5, 5.41) is 11.6. The Morgan fingerprint density at radius 3 is 2.77 bits per heavy atom. The van der Waals surface area contributed by atoms with E-state index >= 15 is 0 Å². The Hall–Kier alpha value is -3.15. The third kappa shape index (κ3) is 1.68. The molecule has 3 heterocycles. The van der Waals surface area contributed by atoms with Crippen molar-refractivity contribution in [3.8, 4) is 11.5 Å². The highest BCUT2D eigenvalue weighted by Crippen LogP contribution is 2.49. The Morgan fingerprint density at radius 2 is 1.88 bits per heavy atom. The highest BCUT2D eigenvalue weighted by atomic mass is 16.2. The van der Waals surface area contributed by atoms with E-state index in [1.807, 2.05) is 30.3 Å². The standard InChI is InChI=1S/C20H17N5O/c26-19-20(7-3-4-8-20)12-9-15-16(10-14(12)23-19)22-18(21-15)17-11-5-1-2-6-13(11)24-25-17/h1-2,5-6,9-10H,3-4,7-8H2,(H,21,22)(H,23,26)(H,24,25). The van der Waals surface area contributed by atoms with Crippen LogP contribution < -0.4 is 5.32 Å². The molecule has 0 atom stereocenters. The van der Waals surface area contributed by atoms with Crippen LogP contribution in [0.1, 0.15) is 31.2 Å². The number of nitrogens with zero attached hydrogens (tertiary/aromatic N) is 2. The molecule has 1 spiro atoms. The fourth-order valence-corrected chi connectivity index (χ4v) is 4.65. The maximum absolute atomic E-state index is 12.6. The van der Waals surface area contributed by atoms with E-state index in [9.17, 15) is 4.79 Å². The zero-order valence-corrected chi connectivity index (χ0v) is 14.1. The summed E-state index contributed by atoms with van der Waals surface area (Å²) in [6.45, 7) is 0. The Morgan fingerprint density at radius 1 is 1.04 bits per heavy atom. The Kier molecular flexibility index (Phi) is 2.55. The van der Waals surface area contributed by atoms with E-state index in [1.54, 1.807) is 0 Å². The number of fused-ring (bicyclic) bond motifs is 4. The number of benzene rings is 2. The third-order valence-electron chi connectivity index (χ3n) is 5.97. The molecular formula is C20H17N5O. The van der Waals surface area contributed by atoms with E-state index < -0.39 is 0 Å². The van der Waals surface area contributed by atoms with Gasteiger partial charge in [-0.25, -0.2) is 4.98 Å². The van der Waals surface area contributed by atoms with E-state index in [4.69, 9.17) is 4.98 Å². The molecule has 0 unspecified atom stereocenters. The van der Waals surface area contributed by atoms with Crippen molar-refractivity contribution in [3.05, 3.63) is 42.0 Å². The van der Waals surface area contributed by atoms with Crippen LogP contribution in [0.3, 0.4) is 0 Å². The van der Waals surface area contributed by atoms with Gasteiger partial charge in [0.2, 0.25) is 5.91 Å². The molecule has 1 amide bonds. The van der Waals surface area contributed by atoms with E-state index in [-0.39, 0.29) is 11.3 Å². The average molecular weight is 343 g/mol. The highest BCUT2D eigenvalue weighted by molar-refractivity contribution is 6.08. The smallest absolute Gasteiger partial charge is 0.235 e. The molecule has 26 heavy (non-hydrogen) atoms. The maximum Gasteiger partial charge on any atom is 0.235 e. The van der Waals surface area contributed by atoms with Gasteiger partial charge in [0, 0.05) is 11.1 Å². The molecule has 0 bridgehead atoms. The number of nitrogens with one attached hydrogen (secondary N) is 3. The second-order valence-corrected chi connectivity index (χ2v) is 7.36. The van der Waals surface area contributed by atoms with Gasteiger partial charge in [0.05, 0.1) is 22.0 Å². The number of aromatic amines is 2.